The van der Waals surface area contributed by atoms with Crippen LogP contribution < -0.4 is 10.6 Å². The van der Waals surface area contributed by atoms with E-state index in [1.54, 1.807) is 12.3 Å². The summed E-state index contributed by atoms with van der Waals surface area (Å²) in [4.78, 5) is 16.4. The van der Waals surface area contributed by atoms with Crippen LogP contribution in [-0.4, -0.2) is 10.9 Å². The van der Waals surface area contributed by atoms with Gasteiger partial charge < -0.3 is 10.6 Å². The van der Waals surface area contributed by atoms with Crippen molar-refractivity contribution in [3.05, 3.63) is 83.7 Å². The summed E-state index contributed by atoms with van der Waals surface area (Å²) >= 11 is 0. The Morgan fingerprint density at radius 1 is 1.04 bits per heavy atom. The Hall–Kier alpha value is -3.28. The van der Waals surface area contributed by atoms with E-state index in [0.717, 1.165) is 23.7 Å². The van der Waals surface area contributed by atoms with Crippen LogP contribution in [-0.2, 0) is 6.42 Å². The van der Waals surface area contributed by atoms with Gasteiger partial charge in [-0.05, 0) is 36.2 Å². The molecule has 2 aromatic carbocycles. The molecule has 3 rings (SSSR count). The summed E-state index contributed by atoms with van der Waals surface area (Å²) in [7, 11) is 0. The summed E-state index contributed by atoms with van der Waals surface area (Å²) < 4.78 is 26.7. The van der Waals surface area contributed by atoms with E-state index >= 15 is 0 Å². The first-order chi connectivity index (χ1) is 12.6. The van der Waals surface area contributed by atoms with Crippen LogP contribution in [0.2, 0.25) is 0 Å². The largest absolute Gasteiger partial charge is 0.354 e. The first kappa shape index (κ1) is 17.5. The molecule has 2 N–H and O–H groups in total. The molecule has 0 radical (unpaired) electrons. The van der Waals surface area contributed by atoms with Crippen LogP contribution in [0.3, 0.4) is 0 Å². The molecule has 0 spiro atoms. The van der Waals surface area contributed by atoms with E-state index in [1.807, 2.05) is 24.3 Å². The molecule has 1 amide bonds. The maximum absolute atomic E-state index is 13.7. The lowest BCUT2D eigenvalue weighted by atomic mass is 10.1. The van der Waals surface area contributed by atoms with Crippen molar-refractivity contribution in [2.24, 2.45) is 0 Å². The summed E-state index contributed by atoms with van der Waals surface area (Å²) in [6.07, 6.45) is 3.84. The van der Waals surface area contributed by atoms with Gasteiger partial charge in [-0.3, -0.25) is 9.78 Å². The average molecular weight is 353 g/mol. The fourth-order valence-electron chi connectivity index (χ4n) is 2.52. The van der Waals surface area contributed by atoms with Gasteiger partial charge in [-0.25, -0.2) is 8.78 Å². The van der Waals surface area contributed by atoms with Crippen LogP contribution in [0.15, 0.2) is 60.9 Å². The number of aryl methyl sites for hydroxylation is 1. The molecular weight excluding hydrogens is 336 g/mol. The lowest BCUT2D eigenvalue weighted by molar-refractivity contribution is 0.102. The smallest absolute Gasteiger partial charge is 0.257 e. The Kier molecular flexibility index (Phi) is 5.22. The van der Waals surface area contributed by atoms with E-state index < -0.39 is 17.5 Å². The molecule has 1 aromatic heterocycles. The number of hydrogen-bond acceptors (Lipinski definition) is 3. The van der Waals surface area contributed by atoms with E-state index in [2.05, 4.69) is 22.5 Å². The van der Waals surface area contributed by atoms with Crippen molar-refractivity contribution in [3.8, 4) is 0 Å². The van der Waals surface area contributed by atoms with Gasteiger partial charge in [-0.2, -0.15) is 0 Å². The van der Waals surface area contributed by atoms with E-state index in [-0.39, 0.29) is 11.3 Å². The van der Waals surface area contributed by atoms with Crippen molar-refractivity contribution in [1.82, 2.24) is 4.98 Å². The number of aromatic nitrogens is 1. The SMILES string of the molecule is CCc1ccccc1Nc1cncc(C(=O)Nc2ccc(F)cc2F)c1. The standard InChI is InChI=1S/C20H17F2N3O/c1-2-13-5-3-4-6-18(13)24-16-9-14(11-23-12-16)20(26)25-19-8-7-15(21)10-17(19)22/h3-12,24H,2H2,1H3,(H,25,26). The number of para-hydroxylation sites is 1. The second kappa shape index (κ2) is 7.74. The van der Waals surface area contributed by atoms with Crippen molar-refractivity contribution in [3.63, 3.8) is 0 Å². The lowest BCUT2D eigenvalue weighted by Crippen LogP contribution is -2.13. The number of carbonyl (C=O) groups is 1. The highest BCUT2D eigenvalue weighted by molar-refractivity contribution is 6.04. The van der Waals surface area contributed by atoms with Crippen molar-refractivity contribution >= 4 is 23.0 Å². The highest BCUT2D eigenvalue weighted by Crippen LogP contribution is 2.22. The average Bonchev–Trinajstić information content (AvgIpc) is 2.64. The first-order valence-corrected chi connectivity index (χ1v) is 8.13. The van der Waals surface area contributed by atoms with Crippen molar-refractivity contribution in [2.45, 2.75) is 13.3 Å². The van der Waals surface area contributed by atoms with Gasteiger partial charge in [0.15, 0.2) is 0 Å². The van der Waals surface area contributed by atoms with E-state index in [9.17, 15) is 13.6 Å². The predicted molar refractivity (Wildman–Crippen MR) is 97.7 cm³/mol. The Morgan fingerprint density at radius 3 is 2.62 bits per heavy atom. The van der Waals surface area contributed by atoms with E-state index in [4.69, 9.17) is 0 Å². The molecule has 26 heavy (non-hydrogen) atoms. The third-order valence-electron chi connectivity index (χ3n) is 3.86. The minimum atomic E-state index is -0.836. The number of hydrogen-bond donors (Lipinski definition) is 2. The number of nitrogens with zero attached hydrogens (tertiary/aromatic N) is 1. The normalized spacial score (nSPS) is 10.4. The third kappa shape index (κ3) is 4.03. The molecule has 132 valence electrons. The van der Waals surface area contributed by atoms with Gasteiger partial charge in [-0.15, -0.1) is 0 Å². The van der Waals surface area contributed by atoms with Crippen LogP contribution in [0, 0.1) is 11.6 Å². The van der Waals surface area contributed by atoms with Gasteiger partial charge in [-0.1, -0.05) is 25.1 Å². The zero-order chi connectivity index (χ0) is 18.5. The monoisotopic (exact) mass is 353 g/mol. The summed E-state index contributed by atoms with van der Waals surface area (Å²) in [6, 6.07) is 12.4. The Morgan fingerprint density at radius 2 is 1.85 bits per heavy atom. The minimum Gasteiger partial charge on any atom is -0.354 e. The van der Waals surface area contributed by atoms with Gasteiger partial charge in [0.25, 0.3) is 5.91 Å². The van der Waals surface area contributed by atoms with Crippen molar-refractivity contribution in [1.29, 1.82) is 0 Å². The van der Waals surface area contributed by atoms with Gasteiger partial charge in [0.2, 0.25) is 0 Å². The summed E-state index contributed by atoms with van der Waals surface area (Å²) in [5.41, 5.74) is 2.87. The molecule has 0 bridgehead atoms. The zero-order valence-electron chi connectivity index (χ0n) is 14.1. The molecule has 0 fully saturated rings. The van der Waals surface area contributed by atoms with Gasteiger partial charge in [0.05, 0.1) is 23.1 Å². The quantitative estimate of drug-likeness (QED) is 0.685. The lowest BCUT2D eigenvalue weighted by Gasteiger charge is -2.12. The van der Waals surface area contributed by atoms with Crippen LogP contribution in [0.1, 0.15) is 22.8 Å². The second-order valence-electron chi connectivity index (χ2n) is 5.68. The van der Waals surface area contributed by atoms with Crippen LogP contribution in [0.5, 0.6) is 0 Å². The number of nitrogens with one attached hydrogen (secondary N) is 2. The number of rotatable bonds is 5. The number of pyridine rings is 1. The van der Waals surface area contributed by atoms with Crippen molar-refractivity contribution < 1.29 is 13.6 Å². The number of halogens is 2. The second-order valence-corrected chi connectivity index (χ2v) is 5.68. The fourth-order valence-corrected chi connectivity index (χ4v) is 2.52. The maximum Gasteiger partial charge on any atom is 0.257 e. The highest BCUT2D eigenvalue weighted by atomic mass is 19.1. The van der Waals surface area contributed by atoms with Crippen LogP contribution >= 0.6 is 0 Å². The Labute approximate surface area is 149 Å². The maximum atomic E-state index is 13.7. The topological polar surface area (TPSA) is 54.0 Å². The predicted octanol–water partition coefficient (Wildman–Crippen LogP) is 4.92. The van der Waals surface area contributed by atoms with Gasteiger partial charge in [0, 0.05) is 18.0 Å². The molecule has 1 heterocycles. The summed E-state index contributed by atoms with van der Waals surface area (Å²) in [5, 5.41) is 5.65. The van der Waals surface area contributed by atoms with Crippen molar-refractivity contribution in [2.75, 3.05) is 10.6 Å². The first-order valence-electron chi connectivity index (χ1n) is 8.13. The molecule has 0 aliphatic rings. The molecule has 0 saturated carbocycles. The van der Waals surface area contributed by atoms with Gasteiger partial charge >= 0.3 is 0 Å². The Balaban J connectivity index is 1.79. The van der Waals surface area contributed by atoms with Gasteiger partial charge in [0.1, 0.15) is 11.6 Å². The molecule has 0 saturated heterocycles. The molecule has 6 heteroatoms. The molecule has 0 unspecified atom stereocenters. The summed E-state index contributed by atoms with van der Waals surface area (Å²) in [6.45, 7) is 2.06. The molecular formula is C20H17F2N3O. The third-order valence-corrected chi connectivity index (χ3v) is 3.86. The fraction of sp³-hybridized carbons (Fsp3) is 0.100. The number of carbonyl (C=O) groups excluding carboxylic acids is 1. The molecule has 0 aliphatic heterocycles. The molecule has 3 aromatic rings. The minimum absolute atomic E-state index is 0.0916. The van der Waals surface area contributed by atoms with Crippen LogP contribution in [0.25, 0.3) is 0 Å². The molecule has 0 atom stereocenters. The van der Waals surface area contributed by atoms with E-state index in [0.29, 0.717) is 11.8 Å². The number of anilines is 3. The number of benzene rings is 2. The van der Waals surface area contributed by atoms with Crippen LogP contribution in [0.4, 0.5) is 25.8 Å². The highest BCUT2D eigenvalue weighted by Gasteiger charge is 2.11. The number of amides is 1. The Bertz CT molecular complexity index is 944. The van der Waals surface area contributed by atoms with E-state index in [1.165, 1.54) is 12.3 Å². The molecule has 4 nitrogen and oxygen atoms in total. The molecule has 0 aliphatic carbocycles. The summed E-state index contributed by atoms with van der Waals surface area (Å²) in [5.74, 6) is -2.07. The zero-order valence-corrected chi connectivity index (χ0v) is 14.1.